The molecule has 0 saturated heterocycles. The number of anilines is 1. The highest BCUT2D eigenvalue weighted by Gasteiger charge is 2.14. The Labute approximate surface area is 132 Å². The molecular weight excluding hydrogens is 335 g/mol. The van der Waals surface area contributed by atoms with E-state index < -0.39 is 10.0 Å². The molecule has 0 radical (unpaired) electrons. The standard InChI is InChI=1S/C13H12Cl2N2O3S/c1-17-21(18,19)9-3-5-12(11(16)7-9)20-13-6-8(14)2-4-10(13)15/h2-7,17H,16H2,1H3. The maximum atomic E-state index is 11.7. The second kappa shape index (κ2) is 6.11. The van der Waals surface area contributed by atoms with Crippen LogP contribution in [0.15, 0.2) is 41.3 Å². The normalized spacial score (nSPS) is 11.4. The molecule has 0 heterocycles. The molecule has 112 valence electrons. The highest BCUT2D eigenvalue weighted by molar-refractivity contribution is 7.89. The van der Waals surface area contributed by atoms with Gasteiger partial charge in [-0.15, -0.1) is 0 Å². The van der Waals surface area contributed by atoms with Gasteiger partial charge in [-0.25, -0.2) is 13.1 Å². The summed E-state index contributed by atoms with van der Waals surface area (Å²) < 4.78 is 31.1. The highest BCUT2D eigenvalue weighted by atomic mass is 35.5. The Hall–Kier alpha value is -1.47. The molecule has 21 heavy (non-hydrogen) atoms. The fraction of sp³-hybridized carbons (Fsp3) is 0.0769. The number of benzene rings is 2. The highest BCUT2D eigenvalue weighted by Crippen LogP contribution is 2.35. The van der Waals surface area contributed by atoms with E-state index in [0.29, 0.717) is 15.8 Å². The van der Waals surface area contributed by atoms with Crippen molar-refractivity contribution in [1.29, 1.82) is 0 Å². The first-order chi connectivity index (χ1) is 9.83. The van der Waals surface area contributed by atoms with Gasteiger partial charge in [0.15, 0.2) is 0 Å². The largest absolute Gasteiger partial charge is 0.454 e. The molecule has 0 bridgehead atoms. The summed E-state index contributed by atoms with van der Waals surface area (Å²) >= 11 is 11.9. The number of nitrogens with one attached hydrogen (secondary N) is 1. The number of rotatable bonds is 4. The second-order valence-corrected chi connectivity index (χ2v) is 6.81. The minimum absolute atomic E-state index is 0.0482. The summed E-state index contributed by atoms with van der Waals surface area (Å²) in [5.74, 6) is 0.620. The number of nitrogen functional groups attached to an aromatic ring is 1. The van der Waals surface area contributed by atoms with Crippen molar-refractivity contribution < 1.29 is 13.2 Å². The van der Waals surface area contributed by atoms with Gasteiger partial charge in [-0.1, -0.05) is 23.2 Å². The molecule has 0 aliphatic carbocycles. The van der Waals surface area contributed by atoms with E-state index in [0.717, 1.165) is 0 Å². The van der Waals surface area contributed by atoms with Crippen LogP contribution in [0.3, 0.4) is 0 Å². The number of halogens is 2. The first-order valence-electron chi connectivity index (χ1n) is 5.79. The van der Waals surface area contributed by atoms with Gasteiger partial charge in [-0.3, -0.25) is 0 Å². The lowest BCUT2D eigenvalue weighted by Crippen LogP contribution is -2.18. The van der Waals surface area contributed by atoms with Crippen molar-refractivity contribution in [2.75, 3.05) is 12.8 Å². The van der Waals surface area contributed by atoms with Gasteiger partial charge in [0.05, 0.1) is 15.6 Å². The molecule has 0 atom stereocenters. The molecule has 2 aromatic rings. The third kappa shape index (κ3) is 3.59. The monoisotopic (exact) mass is 346 g/mol. The molecule has 5 nitrogen and oxygen atoms in total. The Morgan fingerprint density at radius 2 is 1.81 bits per heavy atom. The van der Waals surface area contributed by atoms with Crippen LogP contribution >= 0.6 is 23.2 Å². The molecule has 8 heteroatoms. The molecule has 3 N–H and O–H groups in total. The van der Waals surface area contributed by atoms with Gasteiger partial charge in [0.25, 0.3) is 0 Å². The van der Waals surface area contributed by atoms with Crippen molar-refractivity contribution in [1.82, 2.24) is 4.72 Å². The summed E-state index contributed by atoms with van der Waals surface area (Å²) in [6.45, 7) is 0. The van der Waals surface area contributed by atoms with Gasteiger partial charge in [0.1, 0.15) is 11.5 Å². The summed E-state index contributed by atoms with van der Waals surface area (Å²) in [4.78, 5) is 0.0482. The lowest BCUT2D eigenvalue weighted by molar-refractivity contribution is 0.485. The minimum Gasteiger partial charge on any atom is -0.454 e. The maximum Gasteiger partial charge on any atom is 0.240 e. The van der Waals surface area contributed by atoms with Crippen molar-refractivity contribution in [2.24, 2.45) is 0 Å². The molecule has 0 aliphatic rings. The van der Waals surface area contributed by atoms with Gasteiger partial charge in [0.2, 0.25) is 10.0 Å². The van der Waals surface area contributed by atoms with Gasteiger partial charge >= 0.3 is 0 Å². The first-order valence-corrected chi connectivity index (χ1v) is 8.03. The Balaban J connectivity index is 2.36. The van der Waals surface area contributed by atoms with Crippen LogP contribution in [-0.4, -0.2) is 15.5 Å². The van der Waals surface area contributed by atoms with Crippen molar-refractivity contribution in [2.45, 2.75) is 4.90 Å². The number of nitrogens with two attached hydrogens (primary N) is 1. The van der Waals surface area contributed by atoms with Crippen molar-refractivity contribution in [3.8, 4) is 11.5 Å². The summed E-state index contributed by atoms with van der Waals surface area (Å²) in [6, 6.07) is 8.91. The van der Waals surface area contributed by atoms with Crippen LogP contribution in [0.1, 0.15) is 0 Å². The molecule has 0 fully saturated rings. The molecule has 2 aromatic carbocycles. The van der Waals surface area contributed by atoms with E-state index in [1.807, 2.05) is 0 Å². The lowest BCUT2D eigenvalue weighted by atomic mass is 10.3. The van der Waals surface area contributed by atoms with Crippen molar-refractivity contribution in [3.05, 3.63) is 46.4 Å². The van der Waals surface area contributed by atoms with Gasteiger partial charge in [0, 0.05) is 11.1 Å². The number of ether oxygens (including phenoxy) is 1. The molecule has 0 amide bonds. The topological polar surface area (TPSA) is 81.4 Å². The van der Waals surface area contributed by atoms with Crippen LogP contribution in [0.25, 0.3) is 0 Å². The van der Waals surface area contributed by atoms with Crippen LogP contribution in [0.5, 0.6) is 11.5 Å². The van der Waals surface area contributed by atoms with Crippen LogP contribution in [0.2, 0.25) is 10.0 Å². The third-order valence-electron chi connectivity index (χ3n) is 2.67. The summed E-state index contributed by atoms with van der Waals surface area (Å²) in [5.41, 5.74) is 5.98. The maximum absolute atomic E-state index is 11.7. The van der Waals surface area contributed by atoms with E-state index in [1.165, 1.54) is 25.2 Å². The molecule has 0 aromatic heterocycles. The van der Waals surface area contributed by atoms with Gasteiger partial charge < -0.3 is 10.5 Å². The van der Waals surface area contributed by atoms with Crippen LogP contribution in [0, 0.1) is 0 Å². The first kappa shape index (κ1) is 15.9. The zero-order valence-corrected chi connectivity index (χ0v) is 13.3. The van der Waals surface area contributed by atoms with E-state index in [9.17, 15) is 8.42 Å². The van der Waals surface area contributed by atoms with E-state index >= 15 is 0 Å². The number of hydrogen-bond acceptors (Lipinski definition) is 4. The fourth-order valence-electron chi connectivity index (χ4n) is 1.58. The Morgan fingerprint density at radius 1 is 1.10 bits per heavy atom. The van der Waals surface area contributed by atoms with E-state index in [4.69, 9.17) is 33.7 Å². The summed E-state index contributed by atoms with van der Waals surface area (Å²) in [6.07, 6.45) is 0. The molecule has 0 spiro atoms. The Morgan fingerprint density at radius 3 is 2.43 bits per heavy atom. The fourth-order valence-corrected chi connectivity index (χ4v) is 2.66. The van der Waals surface area contributed by atoms with Crippen LogP contribution < -0.4 is 15.2 Å². The Kier molecular flexibility index (Phi) is 4.63. The van der Waals surface area contributed by atoms with Gasteiger partial charge in [-0.05, 0) is 37.4 Å². The zero-order chi connectivity index (χ0) is 15.6. The molecular formula is C13H12Cl2N2O3S. The van der Waals surface area contributed by atoms with E-state index in [2.05, 4.69) is 4.72 Å². The average molecular weight is 347 g/mol. The van der Waals surface area contributed by atoms with E-state index in [-0.39, 0.29) is 16.3 Å². The molecule has 0 saturated carbocycles. The smallest absolute Gasteiger partial charge is 0.240 e. The predicted octanol–water partition coefficient (Wildman–Crippen LogP) is 3.28. The lowest BCUT2D eigenvalue weighted by Gasteiger charge is -2.11. The minimum atomic E-state index is -3.56. The van der Waals surface area contributed by atoms with Crippen molar-refractivity contribution >= 4 is 38.9 Å². The molecule has 2 rings (SSSR count). The SMILES string of the molecule is CNS(=O)(=O)c1ccc(Oc2cc(Cl)ccc2Cl)c(N)c1. The van der Waals surface area contributed by atoms with Crippen LogP contribution in [0.4, 0.5) is 5.69 Å². The summed E-state index contributed by atoms with van der Waals surface area (Å²) in [5, 5.41) is 0.827. The second-order valence-electron chi connectivity index (χ2n) is 4.08. The van der Waals surface area contributed by atoms with E-state index in [1.54, 1.807) is 18.2 Å². The van der Waals surface area contributed by atoms with Crippen LogP contribution in [-0.2, 0) is 10.0 Å². The molecule has 0 aliphatic heterocycles. The Bertz CT molecular complexity index is 779. The zero-order valence-electron chi connectivity index (χ0n) is 10.9. The average Bonchev–Trinajstić information content (AvgIpc) is 2.44. The summed E-state index contributed by atoms with van der Waals surface area (Å²) in [7, 11) is -2.24. The predicted molar refractivity (Wildman–Crippen MR) is 83.6 cm³/mol. The number of hydrogen-bond donors (Lipinski definition) is 2. The molecule has 0 unspecified atom stereocenters. The van der Waals surface area contributed by atoms with Gasteiger partial charge in [-0.2, -0.15) is 0 Å². The van der Waals surface area contributed by atoms with Crippen molar-refractivity contribution in [3.63, 3.8) is 0 Å². The number of sulfonamides is 1. The quantitative estimate of drug-likeness (QED) is 0.832. The third-order valence-corrected chi connectivity index (χ3v) is 4.63.